The van der Waals surface area contributed by atoms with E-state index in [-0.39, 0.29) is 5.75 Å². The third-order valence-electron chi connectivity index (χ3n) is 4.86. The van der Waals surface area contributed by atoms with E-state index in [9.17, 15) is 5.11 Å². The number of phenols is 1. The van der Waals surface area contributed by atoms with Crippen LogP contribution in [0, 0.1) is 13.8 Å². The molecule has 2 aromatic carbocycles. The molecule has 1 N–H and O–H groups in total. The van der Waals surface area contributed by atoms with Crippen molar-refractivity contribution < 1.29 is 9.84 Å². The average Bonchev–Trinajstić information content (AvgIpc) is 3.06. The summed E-state index contributed by atoms with van der Waals surface area (Å²) in [6.07, 6.45) is 1.77. The highest BCUT2D eigenvalue weighted by atomic mass is 16.5. The van der Waals surface area contributed by atoms with E-state index in [1.54, 1.807) is 12.3 Å². The monoisotopic (exact) mass is 385 g/mol. The zero-order valence-corrected chi connectivity index (χ0v) is 16.8. The number of nitrogens with zero attached hydrogens (tertiary/aromatic N) is 3. The molecule has 5 heteroatoms. The van der Waals surface area contributed by atoms with Gasteiger partial charge < -0.3 is 9.84 Å². The lowest BCUT2D eigenvalue weighted by atomic mass is 10.0. The van der Waals surface area contributed by atoms with Crippen molar-refractivity contribution in [3.8, 4) is 39.7 Å². The van der Waals surface area contributed by atoms with Gasteiger partial charge in [-0.2, -0.15) is 5.10 Å². The Balaban J connectivity index is 2.02. The molecule has 2 heterocycles. The molecule has 0 bridgehead atoms. The number of aromatic nitrogens is 3. The average molecular weight is 385 g/mol. The van der Waals surface area contributed by atoms with Crippen molar-refractivity contribution in [3.63, 3.8) is 0 Å². The van der Waals surface area contributed by atoms with Crippen LogP contribution in [0.25, 0.3) is 28.2 Å². The standard InChI is InChI=1S/C24H23N3O2/c1-4-29-18-12-13-19(22(28)15-18)24-23(20-10-7-8-14-25-20)17(3)26-27(24)21-11-6-5-9-16(21)2/h5-15,28H,4H2,1-3H3. The van der Waals surface area contributed by atoms with Gasteiger partial charge in [-0.15, -0.1) is 0 Å². The topological polar surface area (TPSA) is 60.2 Å². The Kier molecular flexibility index (Phi) is 5.04. The van der Waals surface area contributed by atoms with Crippen LogP contribution in [0.1, 0.15) is 18.2 Å². The first-order valence-electron chi connectivity index (χ1n) is 9.63. The zero-order chi connectivity index (χ0) is 20.4. The van der Waals surface area contributed by atoms with E-state index < -0.39 is 0 Å². The first kappa shape index (κ1) is 18.7. The van der Waals surface area contributed by atoms with Crippen molar-refractivity contribution in [1.82, 2.24) is 14.8 Å². The molecule has 0 atom stereocenters. The third-order valence-corrected chi connectivity index (χ3v) is 4.86. The number of phenolic OH excluding ortho intramolecular Hbond substituents is 1. The Hall–Kier alpha value is -3.60. The van der Waals surface area contributed by atoms with Crippen molar-refractivity contribution in [2.45, 2.75) is 20.8 Å². The molecule has 0 saturated heterocycles. The molecule has 0 saturated carbocycles. The molecule has 0 amide bonds. The van der Waals surface area contributed by atoms with E-state index in [1.807, 2.05) is 67.1 Å². The quantitative estimate of drug-likeness (QED) is 0.505. The largest absolute Gasteiger partial charge is 0.507 e. The molecule has 0 unspecified atom stereocenters. The summed E-state index contributed by atoms with van der Waals surface area (Å²) in [6, 6.07) is 19.3. The molecular weight excluding hydrogens is 362 g/mol. The Labute approximate surface area is 170 Å². The number of hydrogen-bond donors (Lipinski definition) is 1. The summed E-state index contributed by atoms with van der Waals surface area (Å²) in [4.78, 5) is 4.54. The number of aromatic hydroxyl groups is 1. The summed E-state index contributed by atoms with van der Waals surface area (Å²) in [7, 11) is 0. The summed E-state index contributed by atoms with van der Waals surface area (Å²) < 4.78 is 7.43. The van der Waals surface area contributed by atoms with E-state index in [0.29, 0.717) is 17.9 Å². The van der Waals surface area contributed by atoms with E-state index >= 15 is 0 Å². The smallest absolute Gasteiger partial charge is 0.128 e. The predicted molar refractivity (Wildman–Crippen MR) is 115 cm³/mol. The van der Waals surface area contributed by atoms with Crippen LogP contribution in [0.2, 0.25) is 0 Å². The molecule has 4 rings (SSSR count). The van der Waals surface area contributed by atoms with Gasteiger partial charge in [0.15, 0.2) is 0 Å². The van der Waals surface area contributed by atoms with Gasteiger partial charge in [-0.3, -0.25) is 4.98 Å². The molecule has 0 aliphatic carbocycles. The first-order valence-corrected chi connectivity index (χ1v) is 9.63. The Morgan fingerprint density at radius 1 is 1.00 bits per heavy atom. The second-order valence-corrected chi connectivity index (χ2v) is 6.83. The van der Waals surface area contributed by atoms with Crippen LogP contribution in [-0.4, -0.2) is 26.5 Å². The fourth-order valence-corrected chi connectivity index (χ4v) is 3.54. The predicted octanol–water partition coefficient (Wildman–Crippen LogP) is 5.32. The highest BCUT2D eigenvalue weighted by Crippen LogP contribution is 2.41. The summed E-state index contributed by atoms with van der Waals surface area (Å²) in [5, 5.41) is 15.7. The van der Waals surface area contributed by atoms with Gasteiger partial charge >= 0.3 is 0 Å². The van der Waals surface area contributed by atoms with Gasteiger partial charge in [0, 0.05) is 23.4 Å². The molecule has 0 radical (unpaired) electrons. The highest BCUT2D eigenvalue weighted by molar-refractivity contribution is 5.85. The summed E-state index contributed by atoms with van der Waals surface area (Å²) in [6.45, 7) is 6.47. The lowest BCUT2D eigenvalue weighted by Crippen LogP contribution is -2.02. The van der Waals surface area contributed by atoms with Crippen LogP contribution in [0.4, 0.5) is 0 Å². The third kappa shape index (κ3) is 3.47. The van der Waals surface area contributed by atoms with E-state index in [0.717, 1.165) is 33.9 Å². The molecule has 0 aliphatic heterocycles. The SMILES string of the molecule is CCOc1ccc(-c2c(-c3ccccn3)c(C)nn2-c2ccccc2C)c(O)c1. The van der Waals surface area contributed by atoms with Crippen LogP contribution in [-0.2, 0) is 0 Å². The number of pyridine rings is 1. The minimum absolute atomic E-state index is 0.142. The number of rotatable bonds is 5. The molecular formula is C24H23N3O2. The first-order chi connectivity index (χ1) is 14.1. The van der Waals surface area contributed by atoms with Gasteiger partial charge in [0.2, 0.25) is 0 Å². The van der Waals surface area contributed by atoms with Gasteiger partial charge in [0.25, 0.3) is 0 Å². The van der Waals surface area contributed by atoms with Crippen molar-refractivity contribution in [2.24, 2.45) is 0 Å². The molecule has 2 aromatic heterocycles. The highest BCUT2D eigenvalue weighted by Gasteiger charge is 2.23. The van der Waals surface area contributed by atoms with Gasteiger partial charge in [-0.25, -0.2) is 4.68 Å². The molecule has 4 aromatic rings. The maximum absolute atomic E-state index is 10.9. The Bertz CT molecular complexity index is 1150. The Morgan fingerprint density at radius 3 is 2.48 bits per heavy atom. The summed E-state index contributed by atoms with van der Waals surface area (Å²) in [5.74, 6) is 0.773. The van der Waals surface area contributed by atoms with Gasteiger partial charge in [0.05, 0.1) is 29.4 Å². The fourth-order valence-electron chi connectivity index (χ4n) is 3.54. The second-order valence-electron chi connectivity index (χ2n) is 6.83. The molecule has 146 valence electrons. The number of aryl methyl sites for hydroxylation is 2. The van der Waals surface area contributed by atoms with Crippen molar-refractivity contribution >= 4 is 0 Å². The fraction of sp³-hybridized carbons (Fsp3) is 0.167. The van der Waals surface area contributed by atoms with Crippen molar-refractivity contribution in [3.05, 3.63) is 78.1 Å². The van der Waals surface area contributed by atoms with Gasteiger partial charge in [-0.1, -0.05) is 24.3 Å². The van der Waals surface area contributed by atoms with Crippen LogP contribution >= 0.6 is 0 Å². The molecule has 0 spiro atoms. The van der Waals surface area contributed by atoms with Crippen molar-refractivity contribution in [1.29, 1.82) is 0 Å². The molecule has 5 nitrogen and oxygen atoms in total. The minimum atomic E-state index is 0.142. The maximum atomic E-state index is 10.9. The number of ether oxygens (including phenoxy) is 1. The van der Waals surface area contributed by atoms with E-state index in [1.165, 1.54) is 0 Å². The normalized spacial score (nSPS) is 10.9. The molecule has 29 heavy (non-hydrogen) atoms. The van der Waals surface area contributed by atoms with Crippen molar-refractivity contribution in [2.75, 3.05) is 6.61 Å². The van der Waals surface area contributed by atoms with Gasteiger partial charge in [-0.05, 0) is 56.7 Å². The van der Waals surface area contributed by atoms with Crippen LogP contribution in [0.5, 0.6) is 11.5 Å². The lowest BCUT2D eigenvalue weighted by molar-refractivity contribution is 0.338. The number of para-hydroxylation sites is 1. The van der Waals surface area contributed by atoms with Crippen LogP contribution in [0.15, 0.2) is 66.9 Å². The van der Waals surface area contributed by atoms with Crippen LogP contribution in [0.3, 0.4) is 0 Å². The Morgan fingerprint density at radius 2 is 1.79 bits per heavy atom. The second kappa shape index (κ2) is 7.80. The zero-order valence-electron chi connectivity index (χ0n) is 16.8. The van der Waals surface area contributed by atoms with Gasteiger partial charge in [0.1, 0.15) is 11.5 Å². The molecule has 0 fully saturated rings. The minimum Gasteiger partial charge on any atom is -0.507 e. The molecule has 0 aliphatic rings. The lowest BCUT2D eigenvalue weighted by Gasteiger charge is -2.14. The number of benzene rings is 2. The van der Waals surface area contributed by atoms with E-state index in [2.05, 4.69) is 18.0 Å². The summed E-state index contributed by atoms with van der Waals surface area (Å²) >= 11 is 0. The van der Waals surface area contributed by atoms with Crippen LogP contribution < -0.4 is 4.74 Å². The number of hydrogen-bond acceptors (Lipinski definition) is 4. The van der Waals surface area contributed by atoms with E-state index in [4.69, 9.17) is 9.84 Å². The maximum Gasteiger partial charge on any atom is 0.128 e. The summed E-state index contributed by atoms with van der Waals surface area (Å²) in [5.41, 5.74) is 6.08.